The van der Waals surface area contributed by atoms with Crippen LogP contribution in [-0.4, -0.2) is 17.0 Å². The Labute approximate surface area is 126 Å². The second kappa shape index (κ2) is 6.37. The summed E-state index contributed by atoms with van der Waals surface area (Å²) in [6.45, 7) is 3.76. The van der Waals surface area contributed by atoms with Gasteiger partial charge in [-0.3, -0.25) is 4.79 Å². The topological polar surface area (TPSA) is 66.4 Å². The van der Waals surface area contributed by atoms with Crippen LogP contribution in [0.25, 0.3) is 6.08 Å². The molecule has 2 aromatic rings. The molecule has 0 aliphatic rings. The Hall–Kier alpha value is -2.40. The maximum atomic E-state index is 11.9. The number of thiophene rings is 1. The third kappa shape index (κ3) is 3.79. The van der Waals surface area contributed by atoms with Gasteiger partial charge in [-0.2, -0.15) is 0 Å². The lowest BCUT2D eigenvalue weighted by molar-refractivity contribution is -0.111. The second-order valence-corrected chi connectivity index (χ2v) is 5.54. The second-order valence-electron chi connectivity index (χ2n) is 4.66. The number of rotatable bonds is 4. The number of hydrogen-bond acceptors (Lipinski definition) is 3. The number of nitrogens with one attached hydrogen (secondary N) is 1. The first-order chi connectivity index (χ1) is 9.97. The smallest absolute Gasteiger partial charge is 0.348 e. The van der Waals surface area contributed by atoms with Crippen molar-refractivity contribution in [3.8, 4) is 0 Å². The Morgan fingerprint density at radius 1 is 1.19 bits per heavy atom. The van der Waals surface area contributed by atoms with Gasteiger partial charge in [0.05, 0.1) is 5.69 Å². The average molecular weight is 301 g/mol. The van der Waals surface area contributed by atoms with Gasteiger partial charge in [-0.1, -0.05) is 29.8 Å². The fourth-order valence-electron chi connectivity index (χ4n) is 1.77. The van der Waals surface area contributed by atoms with Crippen molar-refractivity contribution >= 4 is 35.0 Å². The third-order valence-electron chi connectivity index (χ3n) is 2.92. The molecule has 0 saturated heterocycles. The lowest BCUT2D eigenvalue weighted by Crippen LogP contribution is -2.11. The summed E-state index contributed by atoms with van der Waals surface area (Å²) in [7, 11) is 0. The van der Waals surface area contributed by atoms with Crippen LogP contribution in [0.5, 0.6) is 0 Å². The zero-order valence-electron chi connectivity index (χ0n) is 11.7. The van der Waals surface area contributed by atoms with Crippen molar-refractivity contribution in [1.82, 2.24) is 0 Å². The molecule has 0 radical (unpaired) electrons. The third-order valence-corrected chi connectivity index (χ3v) is 4.01. The molecule has 4 nitrogen and oxygen atoms in total. The lowest BCUT2D eigenvalue weighted by atomic mass is 10.1. The molecule has 0 atom stereocenters. The first kappa shape index (κ1) is 15.0. The van der Waals surface area contributed by atoms with Gasteiger partial charge in [-0.05, 0) is 36.4 Å². The molecule has 0 aliphatic carbocycles. The normalized spacial score (nSPS) is 10.8. The van der Waals surface area contributed by atoms with Gasteiger partial charge in [-0.15, -0.1) is 11.3 Å². The van der Waals surface area contributed by atoms with Gasteiger partial charge in [-0.25, -0.2) is 4.79 Å². The minimum Gasteiger partial charge on any atom is -0.477 e. The summed E-state index contributed by atoms with van der Waals surface area (Å²) in [5.41, 5.74) is 3.17. The molecule has 0 aliphatic heterocycles. The van der Waals surface area contributed by atoms with Gasteiger partial charge in [0.2, 0.25) is 5.91 Å². The van der Waals surface area contributed by atoms with Crippen molar-refractivity contribution in [2.45, 2.75) is 13.8 Å². The largest absolute Gasteiger partial charge is 0.477 e. The van der Waals surface area contributed by atoms with E-state index in [1.54, 1.807) is 18.4 Å². The number of amides is 1. The molecule has 1 aromatic heterocycles. The number of carbonyl (C=O) groups is 2. The zero-order valence-corrected chi connectivity index (χ0v) is 12.5. The number of aryl methyl sites for hydroxylation is 2. The number of aromatic carboxylic acids is 1. The molecule has 2 N–H and O–H groups in total. The Balaban J connectivity index is 2.10. The number of carbonyl (C=O) groups excluding carboxylic acids is 1. The Kier molecular flexibility index (Phi) is 4.55. The van der Waals surface area contributed by atoms with Crippen LogP contribution in [0.1, 0.15) is 26.4 Å². The van der Waals surface area contributed by atoms with Gasteiger partial charge in [0.1, 0.15) is 4.88 Å². The first-order valence-corrected chi connectivity index (χ1v) is 7.22. The quantitative estimate of drug-likeness (QED) is 0.846. The average Bonchev–Trinajstić information content (AvgIpc) is 2.80. The van der Waals surface area contributed by atoms with Gasteiger partial charge in [0.25, 0.3) is 0 Å². The van der Waals surface area contributed by atoms with Crippen molar-refractivity contribution in [3.05, 3.63) is 57.3 Å². The van der Waals surface area contributed by atoms with E-state index < -0.39 is 5.97 Å². The Bertz CT molecular complexity index is 699. The first-order valence-electron chi connectivity index (χ1n) is 6.34. The standard InChI is InChI=1S/C16H15NO3S/c1-10-3-5-12(6-4-10)7-8-13(18)17-14-11(2)9-21-15(14)16(19)20/h3-9H,1-2H3,(H,17,18)(H,19,20)/b8-7+. The number of benzene rings is 1. The van der Waals surface area contributed by atoms with E-state index in [1.165, 1.54) is 6.08 Å². The fourth-order valence-corrected chi connectivity index (χ4v) is 2.61. The van der Waals surface area contributed by atoms with Crippen LogP contribution < -0.4 is 5.32 Å². The van der Waals surface area contributed by atoms with Crippen LogP contribution in [0.15, 0.2) is 35.7 Å². The van der Waals surface area contributed by atoms with Crippen molar-refractivity contribution in [2.24, 2.45) is 0 Å². The molecule has 0 bridgehead atoms. The van der Waals surface area contributed by atoms with Crippen molar-refractivity contribution in [2.75, 3.05) is 5.32 Å². The van der Waals surface area contributed by atoms with Gasteiger partial charge < -0.3 is 10.4 Å². The van der Waals surface area contributed by atoms with Crippen molar-refractivity contribution in [1.29, 1.82) is 0 Å². The van der Waals surface area contributed by atoms with Crippen LogP contribution in [0.2, 0.25) is 0 Å². The van der Waals surface area contributed by atoms with Crippen LogP contribution in [0.4, 0.5) is 5.69 Å². The van der Waals surface area contributed by atoms with E-state index in [4.69, 9.17) is 5.11 Å². The van der Waals surface area contributed by atoms with Crippen molar-refractivity contribution in [3.63, 3.8) is 0 Å². The summed E-state index contributed by atoms with van der Waals surface area (Å²) < 4.78 is 0. The molecule has 5 heteroatoms. The molecule has 108 valence electrons. The van der Waals surface area contributed by atoms with E-state index in [1.807, 2.05) is 31.2 Å². The molecule has 1 amide bonds. The summed E-state index contributed by atoms with van der Waals surface area (Å²) in [5, 5.41) is 13.4. The van der Waals surface area contributed by atoms with E-state index in [-0.39, 0.29) is 10.8 Å². The van der Waals surface area contributed by atoms with Crippen molar-refractivity contribution < 1.29 is 14.7 Å². The Morgan fingerprint density at radius 2 is 1.86 bits per heavy atom. The highest BCUT2D eigenvalue weighted by atomic mass is 32.1. The molecule has 1 heterocycles. The lowest BCUT2D eigenvalue weighted by Gasteiger charge is -2.03. The highest BCUT2D eigenvalue weighted by Gasteiger charge is 2.16. The van der Waals surface area contributed by atoms with E-state index in [9.17, 15) is 9.59 Å². The molecule has 0 fully saturated rings. The molecule has 2 rings (SSSR count). The summed E-state index contributed by atoms with van der Waals surface area (Å²) in [6, 6.07) is 7.75. The maximum Gasteiger partial charge on any atom is 0.348 e. The molecule has 1 aromatic carbocycles. The van der Waals surface area contributed by atoms with Gasteiger partial charge in [0.15, 0.2) is 0 Å². The SMILES string of the molecule is Cc1ccc(/C=C/C(=O)Nc2c(C)csc2C(=O)O)cc1. The summed E-state index contributed by atoms with van der Waals surface area (Å²) in [6.07, 6.45) is 3.09. The fraction of sp³-hybridized carbons (Fsp3) is 0.125. The summed E-state index contributed by atoms with van der Waals surface area (Å²) in [4.78, 5) is 23.1. The number of carboxylic acids is 1. The molecule has 0 saturated carbocycles. The highest BCUT2D eigenvalue weighted by Crippen LogP contribution is 2.27. The summed E-state index contributed by atoms with van der Waals surface area (Å²) >= 11 is 1.10. The van der Waals surface area contributed by atoms with Crippen LogP contribution in [0.3, 0.4) is 0 Å². The Morgan fingerprint density at radius 3 is 2.48 bits per heavy atom. The highest BCUT2D eigenvalue weighted by molar-refractivity contribution is 7.12. The molecular formula is C16H15NO3S. The van der Waals surface area contributed by atoms with Gasteiger partial charge >= 0.3 is 5.97 Å². The molecule has 21 heavy (non-hydrogen) atoms. The number of carboxylic acid groups (broad SMARTS) is 1. The molecular weight excluding hydrogens is 286 g/mol. The zero-order chi connectivity index (χ0) is 15.4. The van der Waals surface area contributed by atoms with E-state index in [0.29, 0.717) is 5.69 Å². The minimum absolute atomic E-state index is 0.143. The molecule has 0 unspecified atom stereocenters. The van der Waals surface area contributed by atoms with Crippen LogP contribution in [0, 0.1) is 13.8 Å². The van der Waals surface area contributed by atoms with E-state index in [0.717, 1.165) is 28.0 Å². The monoisotopic (exact) mass is 301 g/mol. The number of hydrogen-bond donors (Lipinski definition) is 2. The predicted molar refractivity (Wildman–Crippen MR) is 84.9 cm³/mol. The number of anilines is 1. The van der Waals surface area contributed by atoms with E-state index >= 15 is 0 Å². The summed E-state index contributed by atoms with van der Waals surface area (Å²) in [5.74, 6) is -1.38. The predicted octanol–water partition coefficient (Wildman–Crippen LogP) is 3.72. The van der Waals surface area contributed by atoms with Crippen LogP contribution >= 0.6 is 11.3 Å². The molecule has 0 spiro atoms. The van der Waals surface area contributed by atoms with Crippen LogP contribution in [-0.2, 0) is 4.79 Å². The van der Waals surface area contributed by atoms with E-state index in [2.05, 4.69) is 5.32 Å². The minimum atomic E-state index is -1.04. The van der Waals surface area contributed by atoms with Gasteiger partial charge in [0, 0.05) is 6.08 Å². The maximum absolute atomic E-state index is 11.9.